The van der Waals surface area contributed by atoms with E-state index in [0.717, 1.165) is 32.1 Å². The molecule has 4 aliphatic rings. The summed E-state index contributed by atoms with van der Waals surface area (Å²) in [6.07, 6.45) is 5.71. The number of halogens is 1. The van der Waals surface area contributed by atoms with Crippen molar-refractivity contribution in [3.05, 3.63) is 29.6 Å². The van der Waals surface area contributed by atoms with Crippen molar-refractivity contribution in [2.75, 3.05) is 0 Å². The number of benzene rings is 1. The van der Waals surface area contributed by atoms with Crippen LogP contribution in [0.4, 0.5) is 4.39 Å². The smallest absolute Gasteiger partial charge is 0.233 e. The molecule has 2 amide bonds. The molecule has 0 radical (unpaired) electrons. The van der Waals surface area contributed by atoms with Crippen molar-refractivity contribution >= 4 is 11.8 Å². The van der Waals surface area contributed by atoms with Crippen LogP contribution in [0.1, 0.15) is 70.0 Å². The first-order valence-electron chi connectivity index (χ1n) is 11.6. The number of imide groups is 1. The number of ether oxygens (including phenoxy) is 1. The largest absolute Gasteiger partial charge is 0.505 e. The molecule has 0 aromatic heterocycles. The van der Waals surface area contributed by atoms with Crippen molar-refractivity contribution in [1.82, 2.24) is 4.90 Å². The SMILES string of the molecule is CC[C@H]1C[C@@H]2C(=O)N(C3CCCCC3)C(=O)[C@@H]2[C@@H]2C[C@@H](c3ccc(O)c(F)c3)O[C@]12O. The number of hydrogen-bond acceptors (Lipinski definition) is 5. The van der Waals surface area contributed by atoms with E-state index in [2.05, 4.69) is 0 Å². The average Bonchev–Trinajstić information content (AvgIpc) is 3.24. The van der Waals surface area contributed by atoms with Gasteiger partial charge >= 0.3 is 0 Å². The zero-order chi connectivity index (χ0) is 21.9. The van der Waals surface area contributed by atoms with Crippen LogP contribution in [-0.4, -0.2) is 38.8 Å². The second-order valence-corrected chi connectivity index (χ2v) is 9.72. The second-order valence-electron chi connectivity index (χ2n) is 9.72. The van der Waals surface area contributed by atoms with Crippen LogP contribution in [0.15, 0.2) is 18.2 Å². The standard InChI is InChI=1S/C24H30FNO5/c1-2-14-11-16-21(23(29)26(22(16)28)15-6-4-3-5-7-15)17-12-20(31-24(14,17)30)13-8-9-19(27)18(25)10-13/h8-10,14-17,20-21,27,30H,2-7,11-12H2,1H3/t14-,16-,17-,20-,21-,24+/m0/s1. The van der Waals surface area contributed by atoms with Gasteiger partial charge in [-0.2, -0.15) is 0 Å². The molecule has 0 spiro atoms. The van der Waals surface area contributed by atoms with Gasteiger partial charge in [0.1, 0.15) is 0 Å². The van der Waals surface area contributed by atoms with E-state index in [1.165, 1.54) is 17.0 Å². The van der Waals surface area contributed by atoms with Crippen molar-refractivity contribution in [2.24, 2.45) is 23.7 Å². The van der Waals surface area contributed by atoms with E-state index in [4.69, 9.17) is 4.74 Å². The molecule has 7 heteroatoms. The Bertz CT molecular complexity index is 900. The van der Waals surface area contributed by atoms with E-state index in [1.54, 1.807) is 6.07 Å². The Morgan fingerprint density at radius 1 is 1.16 bits per heavy atom. The Balaban J connectivity index is 1.48. The van der Waals surface area contributed by atoms with E-state index in [9.17, 15) is 24.2 Å². The number of phenols is 1. The van der Waals surface area contributed by atoms with E-state index in [0.29, 0.717) is 24.8 Å². The lowest BCUT2D eigenvalue weighted by Gasteiger charge is -2.44. The molecule has 2 saturated heterocycles. The Kier molecular flexibility index (Phi) is 5.09. The molecule has 1 aromatic carbocycles. The van der Waals surface area contributed by atoms with E-state index in [1.807, 2.05) is 6.92 Å². The minimum Gasteiger partial charge on any atom is -0.505 e. The molecule has 0 bridgehead atoms. The minimum atomic E-state index is -1.52. The molecule has 6 nitrogen and oxygen atoms in total. The van der Waals surface area contributed by atoms with Gasteiger partial charge in [0.15, 0.2) is 17.4 Å². The number of carbonyl (C=O) groups is 2. The minimum absolute atomic E-state index is 0.0307. The third-order valence-electron chi connectivity index (χ3n) is 8.17. The van der Waals surface area contributed by atoms with Crippen molar-refractivity contribution < 1.29 is 28.9 Å². The predicted octanol–water partition coefficient (Wildman–Crippen LogP) is 3.66. The van der Waals surface area contributed by atoms with Crippen LogP contribution in [0.3, 0.4) is 0 Å². The molecular formula is C24H30FNO5. The van der Waals surface area contributed by atoms with Crippen LogP contribution in [0.5, 0.6) is 5.75 Å². The molecule has 2 aliphatic heterocycles. The molecular weight excluding hydrogens is 401 g/mol. The molecule has 168 valence electrons. The molecule has 4 fully saturated rings. The van der Waals surface area contributed by atoms with Gasteiger partial charge in [0, 0.05) is 17.9 Å². The number of nitrogens with zero attached hydrogens (tertiary/aromatic N) is 1. The van der Waals surface area contributed by atoms with Crippen LogP contribution in [-0.2, 0) is 14.3 Å². The normalized spacial score (nSPS) is 38.4. The topological polar surface area (TPSA) is 87.1 Å². The Hall–Kier alpha value is -1.99. The summed E-state index contributed by atoms with van der Waals surface area (Å²) in [5.74, 6) is -4.74. The van der Waals surface area contributed by atoms with Crippen molar-refractivity contribution in [3.8, 4) is 5.75 Å². The summed E-state index contributed by atoms with van der Waals surface area (Å²) in [7, 11) is 0. The number of likely N-dealkylation sites (tertiary alicyclic amines) is 1. The number of phenolic OH excluding ortho intramolecular Hbond substituents is 1. The Morgan fingerprint density at radius 3 is 2.58 bits per heavy atom. The van der Waals surface area contributed by atoms with Gasteiger partial charge in [-0.1, -0.05) is 32.3 Å². The molecule has 2 saturated carbocycles. The predicted molar refractivity (Wildman–Crippen MR) is 109 cm³/mol. The zero-order valence-corrected chi connectivity index (χ0v) is 17.8. The maximum absolute atomic E-state index is 14.0. The maximum Gasteiger partial charge on any atom is 0.233 e. The van der Waals surface area contributed by atoms with Crippen LogP contribution >= 0.6 is 0 Å². The fraction of sp³-hybridized carbons (Fsp3) is 0.667. The van der Waals surface area contributed by atoms with Gasteiger partial charge in [-0.05, 0) is 49.8 Å². The lowest BCUT2D eigenvalue weighted by atomic mass is 9.64. The molecule has 1 aromatic rings. The number of aromatic hydroxyl groups is 1. The number of rotatable bonds is 3. The van der Waals surface area contributed by atoms with Gasteiger partial charge in [-0.25, -0.2) is 4.39 Å². The van der Waals surface area contributed by atoms with Gasteiger partial charge in [0.25, 0.3) is 0 Å². The number of fused-ring (bicyclic) bond motifs is 3. The number of carbonyl (C=O) groups excluding carboxylic acids is 2. The highest BCUT2D eigenvalue weighted by Crippen LogP contribution is 2.59. The van der Waals surface area contributed by atoms with Crippen molar-refractivity contribution in [3.63, 3.8) is 0 Å². The summed E-state index contributed by atoms with van der Waals surface area (Å²) in [6, 6.07) is 4.04. The van der Waals surface area contributed by atoms with Gasteiger partial charge in [-0.3, -0.25) is 14.5 Å². The Morgan fingerprint density at radius 2 is 1.90 bits per heavy atom. The Labute approximate surface area is 181 Å². The molecule has 5 rings (SSSR count). The highest BCUT2D eigenvalue weighted by atomic mass is 19.1. The first-order chi connectivity index (χ1) is 14.8. The van der Waals surface area contributed by atoms with E-state index in [-0.39, 0.29) is 23.8 Å². The maximum atomic E-state index is 14.0. The molecule has 2 heterocycles. The van der Waals surface area contributed by atoms with Gasteiger partial charge in [-0.15, -0.1) is 0 Å². The molecule has 6 atom stereocenters. The fourth-order valence-electron chi connectivity index (χ4n) is 6.60. The lowest BCUT2D eigenvalue weighted by Crippen LogP contribution is -2.53. The third kappa shape index (κ3) is 3.11. The molecule has 2 aliphatic carbocycles. The summed E-state index contributed by atoms with van der Waals surface area (Å²) < 4.78 is 20.1. The summed E-state index contributed by atoms with van der Waals surface area (Å²) in [6.45, 7) is 1.96. The highest BCUT2D eigenvalue weighted by Gasteiger charge is 2.66. The highest BCUT2D eigenvalue weighted by molar-refractivity contribution is 6.05. The van der Waals surface area contributed by atoms with E-state index < -0.39 is 41.2 Å². The second kappa shape index (κ2) is 7.55. The van der Waals surface area contributed by atoms with Gasteiger partial charge in [0.2, 0.25) is 11.8 Å². The van der Waals surface area contributed by atoms with Crippen LogP contribution < -0.4 is 0 Å². The quantitative estimate of drug-likeness (QED) is 0.714. The fourth-order valence-corrected chi connectivity index (χ4v) is 6.60. The summed E-state index contributed by atoms with van der Waals surface area (Å²) >= 11 is 0. The van der Waals surface area contributed by atoms with E-state index >= 15 is 0 Å². The van der Waals surface area contributed by atoms with Crippen LogP contribution in [0, 0.1) is 29.5 Å². The first kappa shape index (κ1) is 20.9. The van der Waals surface area contributed by atoms with Crippen molar-refractivity contribution in [2.45, 2.75) is 76.2 Å². The molecule has 2 N–H and O–H groups in total. The zero-order valence-electron chi connectivity index (χ0n) is 17.8. The first-order valence-corrected chi connectivity index (χ1v) is 11.6. The van der Waals surface area contributed by atoms with Gasteiger partial charge in [0.05, 0.1) is 17.9 Å². The molecule has 31 heavy (non-hydrogen) atoms. The average molecular weight is 432 g/mol. The number of hydrogen-bond donors (Lipinski definition) is 2. The lowest BCUT2D eigenvalue weighted by molar-refractivity contribution is -0.269. The molecule has 0 unspecified atom stereocenters. The van der Waals surface area contributed by atoms with Crippen LogP contribution in [0.25, 0.3) is 0 Å². The number of amides is 2. The third-order valence-corrected chi connectivity index (χ3v) is 8.17. The summed E-state index contributed by atoms with van der Waals surface area (Å²) in [5, 5.41) is 21.1. The van der Waals surface area contributed by atoms with Crippen molar-refractivity contribution in [1.29, 1.82) is 0 Å². The van der Waals surface area contributed by atoms with Gasteiger partial charge < -0.3 is 14.9 Å². The summed E-state index contributed by atoms with van der Waals surface area (Å²) in [5.41, 5.74) is 0.519. The van der Waals surface area contributed by atoms with Crippen LogP contribution in [0.2, 0.25) is 0 Å². The summed E-state index contributed by atoms with van der Waals surface area (Å²) in [4.78, 5) is 28.4. The number of aliphatic hydroxyl groups is 1. The monoisotopic (exact) mass is 431 g/mol.